The number of hydrogen-bond donors (Lipinski definition) is 0. The van der Waals surface area contributed by atoms with Crippen LogP contribution in [0.2, 0.25) is 0 Å². The van der Waals surface area contributed by atoms with Gasteiger partial charge in [-0.05, 0) is 24.6 Å². The Morgan fingerprint density at radius 2 is 2.31 bits per heavy atom. The van der Waals surface area contributed by atoms with E-state index in [-0.39, 0.29) is 11.0 Å². The zero-order valence-corrected chi connectivity index (χ0v) is 9.61. The lowest BCUT2D eigenvalue weighted by molar-refractivity contribution is 0.0991. The first-order chi connectivity index (χ1) is 6.18. The summed E-state index contributed by atoms with van der Waals surface area (Å²) in [5.41, 5.74) is 2.05. The highest BCUT2D eigenvalue weighted by Crippen LogP contribution is 2.31. The predicted octanol–water partition coefficient (Wildman–Crippen LogP) is 3.27. The minimum atomic E-state index is 0.113. The van der Waals surface area contributed by atoms with Crippen LogP contribution in [0.4, 0.5) is 0 Å². The first-order valence-corrected chi connectivity index (χ1v) is 5.97. The van der Waals surface area contributed by atoms with Gasteiger partial charge in [0, 0.05) is 15.8 Å². The summed E-state index contributed by atoms with van der Waals surface area (Å²) in [6.07, 6.45) is 0. The third-order valence-electron chi connectivity index (χ3n) is 2.20. The highest BCUT2D eigenvalue weighted by Gasteiger charge is 2.23. The van der Waals surface area contributed by atoms with E-state index in [4.69, 9.17) is 0 Å². The smallest absolute Gasteiger partial charge is 0.175 e. The second-order valence-electron chi connectivity index (χ2n) is 3.12. The molecule has 0 aromatic heterocycles. The number of carbonyl (C=O) groups excluding carboxylic acids is 1. The molecular weight excluding hydrogens is 248 g/mol. The second kappa shape index (κ2) is 3.46. The highest BCUT2D eigenvalue weighted by molar-refractivity contribution is 9.10. The lowest BCUT2D eigenvalue weighted by Gasteiger charge is -2.19. The molecule has 0 aliphatic carbocycles. The van der Waals surface area contributed by atoms with Gasteiger partial charge in [-0.15, -0.1) is 11.8 Å². The molecule has 13 heavy (non-hydrogen) atoms. The first kappa shape index (κ1) is 9.28. The van der Waals surface area contributed by atoms with Gasteiger partial charge in [0.15, 0.2) is 5.78 Å². The van der Waals surface area contributed by atoms with Gasteiger partial charge in [0.1, 0.15) is 0 Å². The lowest BCUT2D eigenvalue weighted by Crippen LogP contribution is -2.20. The van der Waals surface area contributed by atoms with Gasteiger partial charge in [-0.25, -0.2) is 0 Å². The van der Waals surface area contributed by atoms with Crippen LogP contribution in [-0.4, -0.2) is 11.0 Å². The van der Waals surface area contributed by atoms with Gasteiger partial charge in [0.05, 0.1) is 5.25 Å². The number of rotatable bonds is 0. The van der Waals surface area contributed by atoms with Crippen molar-refractivity contribution in [2.75, 3.05) is 0 Å². The molecule has 0 radical (unpaired) electrons. The predicted molar refractivity (Wildman–Crippen MR) is 59.2 cm³/mol. The van der Waals surface area contributed by atoms with Crippen LogP contribution in [0.15, 0.2) is 22.7 Å². The number of fused-ring (bicyclic) bond motifs is 1. The van der Waals surface area contributed by atoms with Crippen molar-refractivity contribution in [3.63, 3.8) is 0 Å². The summed E-state index contributed by atoms with van der Waals surface area (Å²) in [6.45, 7) is 1.97. The van der Waals surface area contributed by atoms with Crippen molar-refractivity contribution in [3.8, 4) is 0 Å². The van der Waals surface area contributed by atoms with Gasteiger partial charge in [-0.2, -0.15) is 0 Å². The summed E-state index contributed by atoms with van der Waals surface area (Å²) in [7, 11) is 0. The Hall–Kier alpha value is -0.280. The van der Waals surface area contributed by atoms with E-state index >= 15 is 0 Å². The summed E-state index contributed by atoms with van der Waals surface area (Å²) in [6, 6.07) is 5.94. The van der Waals surface area contributed by atoms with Gasteiger partial charge >= 0.3 is 0 Å². The number of halogens is 1. The SMILES string of the molecule is CC1SCc2ccc(Br)cc2C1=O. The molecule has 1 unspecified atom stereocenters. The molecule has 1 atom stereocenters. The van der Waals surface area contributed by atoms with Crippen LogP contribution in [0.1, 0.15) is 22.8 Å². The van der Waals surface area contributed by atoms with Gasteiger partial charge in [0.25, 0.3) is 0 Å². The molecular formula is C10H9BrOS. The summed E-state index contributed by atoms with van der Waals surface area (Å²) in [4.78, 5) is 11.7. The molecule has 2 rings (SSSR count). The van der Waals surface area contributed by atoms with Gasteiger partial charge < -0.3 is 0 Å². The normalized spacial score (nSPS) is 21.4. The Bertz CT molecular complexity index is 362. The third-order valence-corrected chi connectivity index (χ3v) is 3.88. The van der Waals surface area contributed by atoms with Crippen LogP contribution >= 0.6 is 27.7 Å². The highest BCUT2D eigenvalue weighted by atomic mass is 79.9. The van der Waals surface area contributed by atoms with E-state index in [1.165, 1.54) is 0 Å². The Balaban J connectivity index is 2.51. The molecule has 1 aliphatic rings. The van der Waals surface area contributed by atoms with Gasteiger partial charge in [0.2, 0.25) is 0 Å². The number of carbonyl (C=O) groups is 1. The molecule has 0 bridgehead atoms. The summed E-state index contributed by atoms with van der Waals surface area (Å²) < 4.78 is 0.985. The molecule has 3 heteroatoms. The molecule has 0 saturated carbocycles. The molecule has 0 amide bonds. The second-order valence-corrected chi connectivity index (χ2v) is 5.36. The Kier molecular flexibility index (Phi) is 2.47. The summed E-state index contributed by atoms with van der Waals surface area (Å²) in [5, 5.41) is 0.113. The number of ketones is 1. The van der Waals surface area contributed by atoms with E-state index in [2.05, 4.69) is 15.9 Å². The Morgan fingerprint density at radius 1 is 1.54 bits per heavy atom. The number of hydrogen-bond acceptors (Lipinski definition) is 2. The molecule has 1 aliphatic heterocycles. The standard InChI is InChI=1S/C10H9BrOS/c1-6-10(12)9-4-8(11)3-2-7(9)5-13-6/h2-4,6H,5H2,1H3. The van der Waals surface area contributed by atoms with Crippen LogP contribution in [-0.2, 0) is 5.75 Å². The van der Waals surface area contributed by atoms with Crippen molar-refractivity contribution in [2.45, 2.75) is 17.9 Å². The van der Waals surface area contributed by atoms with Crippen LogP contribution in [0.3, 0.4) is 0 Å². The van der Waals surface area contributed by atoms with E-state index in [0.29, 0.717) is 0 Å². The van der Waals surface area contributed by atoms with Crippen molar-refractivity contribution in [2.24, 2.45) is 0 Å². The maximum atomic E-state index is 11.7. The molecule has 1 aromatic carbocycles. The number of benzene rings is 1. The van der Waals surface area contributed by atoms with Crippen LogP contribution in [0.25, 0.3) is 0 Å². The van der Waals surface area contributed by atoms with E-state index in [1.54, 1.807) is 11.8 Å². The zero-order valence-electron chi connectivity index (χ0n) is 7.21. The minimum Gasteiger partial charge on any atom is -0.293 e. The quantitative estimate of drug-likeness (QED) is 0.709. The average molecular weight is 257 g/mol. The largest absolute Gasteiger partial charge is 0.293 e. The van der Waals surface area contributed by atoms with Crippen molar-refractivity contribution in [1.29, 1.82) is 0 Å². The van der Waals surface area contributed by atoms with Gasteiger partial charge in [-0.1, -0.05) is 22.0 Å². The van der Waals surface area contributed by atoms with Crippen molar-refractivity contribution >= 4 is 33.5 Å². The molecule has 0 N–H and O–H groups in total. The summed E-state index contributed by atoms with van der Waals surface area (Å²) in [5.74, 6) is 1.21. The molecule has 1 nitrogen and oxygen atoms in total. The Labute approximate surface area is 90.0 Å². The van der Waals surface area contributed by atoms with Crippen molar-refractivity contribution in [3.05, 3.63) is 33.8 Å². The monoisotopic (exact) mass is 256 g/mol. The fourth-order valence-corrected chi connectivity index (χ4v) is 2.73. The van der Waals surface area contributed by atoms with Crippen LogP contribution in [0, 0.1) is 0 Å². The number of thioether (sulfide) groups is 1. The molecule has 0 saturated heterocycles. The molecule has 0 fully saturated rings. The molecule has 68 valence electrons. The van der Waals surface area contributed by atoms with E-state index in [1.807, 2.05) is 25.1 Å². The topological polar surface area (TPSA) is 17.1 Å². The average Bonchev–Trinajstić information content (AvgIpc) is 2.12. The van der Waals surface area contributed by atoms with Crippen molar-refractivity contribution in [1.82, 2.24) is 0 Å². The lowest BCUT2D eigenvalue weighted by atomic mass is 10.0. The van der Waals surface area contributed by atoms with Gasteiger partial charge in [-0.3, -0.25) is 4.79 Å². The minimum absolute atomic E-state index is 0.113. The van der Waals surface area contributed by atoms with Crippen LogP contribution < -0.4 is 0 Å². The fraction of sp³-hybridized carbons (Fsp3) is 0.300. The molecule has 1 aromatic rings. The van der Waals surface area contributed by atoms with E-state index in [0.717, 1.165) is 21.4 Å². The Morgan fingerprint density at radius 3 is 3.08 bits per heavy atom. The fourth-order valence-electron chi connectivity index (χ4n) is 1.41. The number of Topliss-reactive ketones (excluding diaryl/α,β-unsaturated/α-hetero) is 1. The van der Waals surface area contributed by atoms with Crippen LogP contribution in [0.5, 0.6) is 0 Å². The first-order valence-electron chi connectivity index (χ1n) is 4.13. The third kappa shape index (κ3) is 1.67. The van der Waals surface area contributed by atoms with Crippen molar-refractivity contribution < 1.29 is 4.79 Å². The van der Waals surface area contributed by atoms with E-state index in [9.17, 15) is 4.79 Å². The summed E-state index contributed by atoms with van der Waals surface area (Å²) >= 11 is 5.09. The molecule has 0 spiro atoms. The van der Waals surface area contributed by atoms with E-state index < -0.39 is 0 Å². The molecule has 1 heterocycles. The maximum Gasteiger partial charge on any atom is 0.175 e. The maximum absolute atomic E-state index is 11.7. The zero-order chi connectivity index (χ0) is 9.42.